The predicted octanol–water partition coefficient (Wildman–Crippen LogP) is 3.42. The molecule has 2 saturated heterocycles. The molecular weight excluding hydrogens is 508 g/mol. The summed E-state index contributed by atoms with van der Waals surface area (Å²) < 4.78 is 4.94. The Labute approximate surface area is 227 Å². The number of carbonyl (C=O) groups is 4. The molecule has 3 amide bonds. The van der Waals surface area contributed by atoms with E-state index in [1.165, 1.54) is 26.4 Å². The van der Waals surface area contributed by atoms with Gasteiger partial charge in [0.25, 0.3) is 5.91 Å². The lowest BCUT2D eigenvalue weighted by Crippen LogP contribution is -2.51. The molecule has 204 valence electrons. The van der Waals surface area contributed by atoms with Gasteiger partial charge >= 0.3 is 5.97 Å². The quantitative estimate of drug-likeness (QED) is 0.463. The van der Waals surface area contributed by atoms with E-state index in [1.54, 1.807) is 17.0 Å². The van der Waals surface area contributed by atoms with Crippen LogP contribution >= 0.6 is 11.6 Å². The van der Waals surface area contributed by atoms with E-state index in [0.29, 0.717) is 48.1 Å². The summed E-state index contributed by atoms with van der Waals surface area (Å²) >= 11 is 6.33. The van der Waals surface area contributed by atoms with Crippen LogP contribution in [-0.4, -0.2) is 65.9 Å². The lowest BCUT2D eigenvalue weighted by molar-refractivity contribution is -0.146. The van der Waals surface area contributed by atoms with E-state index >= 15 is 0 Å². The van der Waals surface area contributed by atoms with E-state index in [1.807, 2.05) is 12.1 Å². The molecule has 0 radical (unpaired) electrons. The van der Waals surface area contributed by atoms with Gasteiger partial charge in [-0.1, -0.05) is 55.8 Å². The Morgan fingerprint density at radius 1 is 1.16 bits per heavy atom. The van der Waals surface area contributed by atoms with Crippen LogP contribution in [0.2, 0.25) is 5.02 Å². The number of methoxy groups -OCH3 is 1. The average molecular weight is 543 g/mol. The highest BCUT2D eigenvalue weighted by Gasteiger charge is 2.44. The Balaban J connectivity index is 1.38. The minimum absolute atomic E-state index is 0.124. The highest BCUT2D eigenvalue weighted by molar-refractivity contribution is 6.35. The summed E-state index contributed by atoms with van der Waals surface area (Å²) in [4.78, 5) is 57.0. The summed E-state index contributed by atoms with van der Waals surface area (Å²) in [6, 6.07) is 5.56. The number of esters is 1. The summed E-state index contributed by atoms with van der Waals surface area (Å²) in [5, 5.41) is 6.95. The second kappa shape index (κ2) is 11.4. The Morgan fingerprint density at radius 3 is 2.63 bits per heavy atom. The number of rotatable bonds is 7. The molecular formula is C28H35ClN4O5. The highest BCUT2D eigenvalue weighted by Crippen LogP contribution is 2.38. The normalized spacial score (nSPS) is 24.8. The molecule has 0 bridgehead atoms. The monoisotopic (exact) mass is 542 g/mol. The number of benzene rings is 1. The predicted molar refractivity (Wildman–Crippen MR) is 142 cm³/mol. The molecule has 2 aliphatic heterocycles. The van der Waals surface area contributed by atoms with Gasteiger partial charge in [0.1, 0.15) is 17.8 Å². The van der Waals surface area contributed by atoms with Crippen molar-refractivity contribution in [2.45, 2.75) is 63.5 Å². The van der Waals surface area contributed by atoms with Crippen molar-refractivity contribution in [3.05, 3.63) is 35.0 Å². The van der Waals surface area contributed by atoms with E-state index < -0.39 is 18.1 Å². The van der Waals surface area contributed by atoms with Gasteiger partial charge in [0.15, 0.2) is 0 Å². The molecule has 1 aliphatic carbocycles. The standard InChI is InChI=1S/C28H35ClN4O5/c1-38-28(37)22(13-18-10-11-30-25(18)34)32-26(35)23-14-19(16-6-3-2-4-7-16)15-33(23)27(36)21-12-17-8-5-9-20(29)24(17)31-21/h5,8-9,12,16,18-19,22-23,31H,2-4,6-7,10-11,13-15H2,1H3,(H,30,34)(H,32,35)/t18-,19+,22-,23-/m0/s1. The van der Waals surface area contributed by atoms with Crippen molar-refractivity contribution in [3.8, 4) is 0 Å². The largest absolute Gasteiger partial charge is 0.467 e. The molecule has 38 heavy (non-hydrogen) atoms. The number of likely N-dealkylation sites (tertiary alicyclic amines) is 1. The topological polar surface area (TPSA) is 121 Å². The first-order chi connectivity index (χ1) is 18.4. The maximum absolute atomic E-state index is 13.8. The average Bonchev–Trinajstić information content (AvgIpc) is 3.67. The van der Waals surface area contributed by atoms with Crippen LogP contribution < -0.4 is 10.6 Å². The van der Waals surface area contributed by atoms with Crippen molar-refractivity contribution in [2.75, 3.05) is 20.2 Å². The van der Waals surface area contributed by atoms with Crippen LogP contribution in [-0.2, 0) is 19.1 Å². The molecule has 3 N–H and O–H groups in total. The highest BCUT2D eigenvalue weighted by atomic mass is 35.5. The minimum Gasteiger partial charge on any atom is -0.467 e. The van der Waals surface area contributed by atoms with Crippen molar-refractivity contribution in [3.63, 3.8) is 0 Å². The van der Waals surface area contributed by atoms with E-state index in [-0.39, 0.29) is 36.0 Å². The number of amides is 3. The molecule has 2 aromatic rings. The number of aromatic nitrogens is 1. The number of nitrogens with one attached hydrogen (secondary N) is 3. The Morgan fingerprint density at radius 2 is 1.95 bits per heavy atom. The second-order valence-corrected chi connectivity index (χ2v) is 11.3. The van der Waals surface area contributed by atoms with Gasteiger partial charge in [0.05, 0.1) is 17.6 Å². The Kier molecular flexibility index (Phi) is 7.93. The van der Waals surface area contributed by atoms with Gasteiger partial charge in [-0.15, -0.1) is 0 Å². The van der Waals surface area contributed by atoms with Crippen LogP contribution in [0.15, 0.2) is 24.3 Å². The molecule has 3 aliphatic rings. The number of halogens is 1. The maximum Gasteiger partial charge on any atom is 0.328 e. The van der Waals surface area contributed by atoms with Gasteiger partial charge in [-0.2, -0.15) is 0 Å². The molecule has 1 aromatic heterocycles. The first-order valence-corrected chi connectivity index (χ1v) is 14.0. The Bertz CT molecular complexity index is 1220. The number of carbonyl (C=O) groups excluding carboxylic acids is 4. The molecule has 1 saturated carbocycles. The van der Waals surface area contributed by atoms with Gasteiger partial charge in [0, 0.05) is 24.4 Å². The van der Waals surface area contributed by atoms with Crippen molar-refractivity contribution < 1.29 is 23.9 Å². The molecule has 3 heterocycles. The van der Waals surface area contributed by atoms with Crippen molar-refractivity contribution in [2.24, 2.45) is 17.8 Å². The molecule has 9 nitrogen and oxygen atoms in total. The van der Waals surface area contributed by atoms with Gasteiger partial charge in [-0.25, -0.2) is 4.79 Å². The van der Waals surface area contributed by atoms with Gasteiger partial charge in [-0.3, -0.25) is 14.4 Å². The first kappa shape index (κ1) is 26.5. The fourth-order valence-electron chi connectivity index (χ4n) is 6.46. The fourth-order valence-corrected chi connectivity index (χ4v) is 6.69. The third-order valence-corrected chi connectivity index (χ3v) is 8.85. The summed E-state index contributed by atoms with van der Waals surface area (Å²) in [5.74, 6) is -1.07. The van der Waals surface area contributed by atoms with E-state index in [4.69, 9.17) is 16.3 Å². The minimum atomic E-state index is -0.959. The molecule has 5 rings (SSSR count). The van der Waals surface area contributed by atoms with Crippen molar-refractivity contribution in [1.29, 1.82) is 0 Å². The zero-order valence-electron chi connectivity index (χ0n) is 21.6. The smallest absolute Gasteiger partial charge is 0.328 e. The molecule has 0 spiro atoms. The maximum atomic E-state index is 13.8. The molecule has 3 fully saturated rings. The lowest BCUT2D eigenvalue weighted by atomic mass is 9.79. The van der Waals surface area contributed by atoms with Crippen LogP contribution in [0.4, 0.5) is 0 Å². The number of nitrogens with zero attached hydrogens (tertiary/aromatic N) is 1. The third kappa shape index (κ3) is 5.39. The summed E-state index contributed by atoms with van der Waals surface area (Å²) in [5.41, 5.74) is 1.06. The van der Waals surface area contributed by atoms with Crippen molar-refractivity contribution >= 4 is 46.2 Å². The zero-order chi connectivity index (χ0) is 26.8. The lowest BCUT2D eigenvalue weighted by Gasteiger charge is -2.27. The van der Waals surface area contributed by atoms with Crippen LogP contribution in [0, 0.1) is 17.8 Å². The number of hydrogen-bond donors (Lipinski definition) is 3. The van der Waals surface area contributed by atoms with Crippen LogP contribution in [0.5, 0.6) is 0 Å². The SMILES string of the molecule is COC(=O)[C@H](C[C@@H]1CCNC1=O)NC(=O)[C@@H]1C[C@@H](C2CCCCC2)CN1C(=O)c1cc2cccc(Cl)c2[nH]1. The number of fused-ring (bicyclic) bond motifs is 1. The number of aromatic amines is 1. The summed E-state index contributed by atoms with van der Waals surface area (Å²) in [6.45, 7) is 1.03. The number of para-hydroxylation sites is 1. The van der Waals surface area contributed by atoms with E-state index in [2.05, 4.69) is 15.6 Å². The molecule has 10 heteroatoms. The van der Waals surface area contributed by atoms with Gasteiger partial charge < -0.3 is 25.3 Å². The zero-order valence-corrected chi connectivity index (χ0v) is 22.4. The van der Waals surface area contributed by atoms with Crippen LogP contribution in [0.25, 0.3) is 10.9 Å². The number of ether oxygens (including phenoxy) is 1. The van der Waals surface area contributed by atoms with Crippen LogP contribution in [0.1, 0.15) is 61.9 Å². The Hall–Kier alpha value is -3.07. The second-order valence-electron chi connectivity index (χ2n) is 10.9. The van der Waals surface area contributed by atoms with E-state index in [9.17, 15) is 19.2 Å². The summed E-state index contributed by atoms with van der Waals surface area (Å²) in [6.07, 6.45) is 7.07. The number of hydrogen-bond acceptors (Lipinski definition) is 5. The van der Waals surface area contributed by atoms with Gasteiger partial charge in [0.2, 0.25) is 11.8 Å². The van der Waals surface area contributed by atoms with Crippen LogP contribution in [0.3, 0.4) is 0 Å². The first-order valence-electron chi connectivity index (χ1n) is 13.6. The van der Waals surface area contributed by atoms with E-state index in [0.717, 1.165) is 18.2 Å². The third-order valence-electron chi connectivity index (χ3n) is 8.53. The molecule has 1 aromatic carbocycles. The molecule has 4 atom stereocenters. The summed E-state index contributed by atoms with van der Waals surface area (Å²) in [7, 11) is 1.27. The fraction of sp³-hybridized carbons (Fsp3) is 0.571. The van der Waals surface area contributed by atoms with Gasteiger partial charge in [-0.05, 0) is 43.2 Å². The number of H-pyrrole nitrogens is 1. The molecule has 0 unspecified atom stereocenters. The van der Waals surface area contributed by atoms with Crippen molar-refractivity contribution in [1.82, 2.24) is 20.5 Å².